The molecule has 108 valence electrons. The molecular weight excluding hydrogens is 254 g/mol. The lowest BCUT2D eigenvalue weighted by atomic mass is 9.85. The van der Waals surface area contributed by atoms with Crippen LogP contribution < -0.4 is 10.1 Å². The molecule has 0 saturated heterocycles. The summed E-state index contributed by atoms with van der Waals surface area (Å²) in [6.07, 6.45) is 2.59. The molecule has 1 aromatic carbocycles. The fourth-order valence-corrected chi connectivity index (χ4v) is 2.31. The lowest BCUT2D eigenvalue weighted by molar-refractivity contribution is -0.142. The Hall–Kier alpha value is -1.81. The normalized spacial score (nSPS) is 12.2. The molecule has 0 atom stereocenters. The van der Waals surface area contributed by atoms with Crippen LogP contribution in [0.25, 0.3) is 11.6 Å². The van der Waals surface area contributed by atoms with Crippen molar-refractivity contribution in [3.63, 3.8) is 0 Å². The van der Waals surface area contributed by atoms with Gasteiger partial charge in [-0.1, -0.05) is 0 Å². The second-order valence-electron chi connectivity index (χ2n) is 4.81. The van der Waals surface area contributed by atoms with Crippen LogP contribution in [0.15, 0.2) is 12.1 Å². The van der Waals surface area contributed by atoms with Gasteiger partial charge in [-0.3, -0.25) is 4.79 Å². The molecule has 0 spiro atoms. The first kappa shape index (κ1) is 14.6. The van der Waals surface area contributed by atoms with Crippen molar-refractivity contribution in [3.8, 4) is 5.75 Å². The van der Waals surface area contributed by atoms with Gasteiger partial charge in [0.1, 0.15) is 5.75 Å². The highest BCUT2D eigenvalue weighted by molar-refractivity contribution is 5.97. The topological polar surface area (TPSA) is 47.6 Å². The van der Waals surface area contributed by atoms with Crippen molar-refractivity contribution in [3.05, 3.63) is 28.8 Å². The predicted molar refractivity (Wildman–Crippen MR) is 79.7 cm³/mol. The van der Waals surface area contributed by atoms with E-state index in [1.54, 1.807) is 7.11 Å². The van der Waals surface area contributed by atoms with Crippen LogP contribution in [0.1, 0.15) is 30.0 Å². The quantitative estimate of drug-likeness (QED) is 0.613. The standard InChI is InChI=1S/C16H21NO3/c1-4-20-16(18)5-6-17-10-12-8-14-11(2)7-13(19-3)9-15(12)14/h7-9,17H,4-6,10H2,1-3H3. The summed E-state index contributed by atoms with van der Waals surface area (Å²) in [4.78, 5) is 11.2. The summed E-state index contributed by atoms with van der Waals surface area (Å²) in [5.74, 6) is 0.735. The minimum atomic E-state index is -0.152. The summed E-state index contributed by atoms with van der Waals surface area (Å²) < 4.78 is 10.2. The average molecular weight is 275 g/mol. The molecule has 0 heterocycles. The Kier molecular flexibility index (Phi) is 4.79. The number of hydrogen-bond donors (Lipinski definition) is 1. The monoisotopic (exact) mass is 275 g/mol. The molecule has 1 aromatic rings. The van der Waals surface area contributed by atoms with Crippen molar-refractivity contribution in [2.75, 3.05) is 26.8 Å². The number of hydrogen-bond acceptors (Lipinski definition) is 4. The Bertz CT molecular complexity index is 535. The number of methoxy groups -OCH3 is 1. The third kappa shape index (κ3) is 3.20. The number of nitrogens with one attached hydrogen (secondary N) is 1. The summed E-state index contributed by atoms with van der Waals surface area (Å²) in [7, 11) is 1.68. The summed E-state index contributed by atoms with van der Waals surface area (Å²) in [6.45, 7) is 5.74. The van der Waals surface area contributed by atoms with Gasteiger partial charge in [-0.05, 0) is 54.3 Å². The number of aryl methyl sites for hydroxylation is 1. The molecule has 0 radical (unpaired) electrons. The number of ether oxygens (including phenoxy) is 2. The fraction of sp³-hybridized carbons (Fsp3) is 0.438. The van der Waals surface area contributed by atoms with Crippen molar-refractivity contribution in [2.24, 2.45) is 0 Å². The van der Waals surface area contributed by atoms with E-state index in [1.165, 1.54) is 22.3 Å². The second kappa shape index (κ2) is 6.57. The van der Waals surface area contributed by atoms with Crippen molar-refractivity contribution in [1.29, 1.82) is 0 Å². The number of benzene rings is 1. The molecule has 0 unspecified atom stereocenters. The maximum atomic E-state index is 11.2. The second-order valence-corrected chi connectivity index (χ2v) is 4.81. The summed E-state index contributed by atoms with van der Waals surface area (Å²) in [5, 5.41) is 3.26. The molecule has 1 aliphatic rings. The van der Waals surface area contributed by atoms with Crippen LogP contribution in [-0.2, 0) is 9.53 Å². The van der Waals surface area contributed by atoms with Crippen LogP contribution in [-0.4, -0.2) is 32.8 Å². The van der Waals surface area contributed by atoms with E-state index in [4.69, 9.17) is 9.47 Å². The SMILES string of the molecule is CCOC(=O)CCNCC1=Cc2c(C)cc(OC)cc21. The molecule has 2 rings (SSSR count). The minimum Gasteiger partial charge on any atom is -0.497 e. The average Bonchev–Trinajstić information content (AvgIpc) is 2.40. The van der Waals surface area contributed by atoms with Crippen molar-refractivity contribution < 1.29 is 14.3 Å². The van der Waals surface area contributed by atoms with Crippen molar-refractivity contribution in [1.82, 2.24) is 5.32 Å². The van der Waals surface area contributed by atoms with Gasteiger partial charge in [0, 0.05) is 13.1 Å². The first-order valence-electron chi connectivity index (χ1n) is 6.91. The molecule has 4 nitrogen and oxygen atoms in total. The van der Waals surface area contributed by atoms with E-state index in [0.717, 1.165) is 12.3 Å². The first-order chi connectivity index (χ1) is 9.65. The van der Waals surface area contributed by atoms with Gasteiger partial charge in [0.15, 0.2) is 0 Å². The highest BCUT2D eigenvalue weighted by atomic mass is 16.5. The molecule has 1 aliphatic carbocycles. The maximum absolute atomic E-state index is 11.2. The van der Waals surface area contributed by atoms with Gasteiger partial charge in [-0.15, -0.1) is 0 Å². The molecule has 0 amide bonds. The zero-order valence-electron chi connectivity index (χ0n) is 12.3. The number of carbonyl (C=O) groups excluding carboxylic acids is 1. The van der Waals surface area contributed by atoms with E-state index >= 15 is 0 Å². The van der Waals surface area contributed by atoms with Gasteiger partial charge >= 0.3 is 5.97 Å². The van der Waals surface area contributed by atoms with Crippen molar-refractivity contribution >= 4 is 17.6 Å². The van der Waals surface area contributed by atoms with Crippen molar-refractivity contribution in [2.45, 2.75) is 20.3 Å². The Balaban J connectivity index is 1.82. The van der Waals surface area contributed by atoms with Gasteiger partial charge < -0.3 is 14.8 Å². The number of fused-ring (bicyclic) bond motifs is 1. The molecule has 0 bridgehead atoms. The third-order valence-electron chi connectivity index (χ3n) is 3.39. The number of esters is 1. The zero-order valence-corrected chi connectivity index (χ0v) is 12.3. The van der Waals surface area contributed by atoms with E-state index < -0.39 is 0 Å². The Labute approximate surface area is 119 Å². The molecule has 20 heavy (non-hydrogen) atoms. The Morgan fingerprint density at radius 3 is 2.85 bits per heavy atom. The van der Waals surface area contributed by atoms with Gasteiger partial charge in [-0.25, -0.2) is 0 Å². The molecule has 0 aliphatic heterocycles. The summed E-state index contributed by atoms with van der Waals surface area (Å²) >= 11 is 0. The van der Waals surface area contributed by atoms with Crippen LogP contribution in [0.2, 0.25) is 0 Å². The molecule has 0 saturated carbocycles. The molecule has 1 N–H and O–H groups in total. The lowest BCUT2D eigenvalue weighted by Gasteiger charge is -2.23. The molecule has 0 aromatic heterocycles. The van der Waals surface area contributed by atoms with E-state index in [1.807, 2.05) is 13.0 Å². The van der Waals surface area contributed by atoms with Crippen LogP contribution in [0.3, 0.4) is 0 Å². The number of carbonyl (C=O) groups is 1. The first-order valence-corrected chi connectivity index (χ1v) is 6.91. The van der Waals surface area contributed by atoms with Gasteiger partial charge in [0.05, 0.1) is 20.1 Å². The highest BCUT2D eigenvalue weighted by Crippen LogP contribution is 2.37. The van der Waals surface area contributed by atoms with Crippen LogP contribution in [0, 0.1) is 6.92 Å². The van der Waals surface area contributed by atoms with Gasteiger partial charge in [0.2, 0.25) is 0 Å². The third-order valence-corrected chi connectivity index (χ3v) is 3.39. The van der Waals surface area contributed by atoms with E-state index in [9.17, 15) is 4.79 Å². The molecular formula is C16H21NO3. The van der Waals surface area contributed by atoms with E-state index in [2.05, 4.69) is 24.4 Å². The zero-order chi connectivity index (χ0) is 14.5. The smallest absolute Gasteiger partial charge is 0.307 e. The fourth-order valence-electron chi connectivity index (χ4n) is 2.31. The van der Waals surface area contributed by atoms with Crippen LogP contribution >= 0.6 is 0 Å². The highest BCUT2D eigenvalue weighted by Gasteiger charge is 2.19. The summed E-state index contributed by atoms with van der Waals surface area (Å²) in [5.41, 5.74) is 5.01. The summed E-state index contributed by atoms with van der Waals surface area (Å²) in [6, 6.07) is 4.10. The minimum absolute atomic E-state index is 0.152. The van der Waals surface area contributed by atoms with E-state index in [0.29, 0.717) is 19.6 Å². The van der Waals surface area contributed by atoms with E-state index in [-0.39, 0.29) is 5.97 Å². The maximum Gasteiger partial charge on any atom is 0.307 e. The molecule has 0 fully saturated rings. The Morgan fingerprint density at radius 2 is 2.15 bits per heavy atom. The van der Waals surface area contributed by atoms with Crippen LogP contribution in [0.4, 0.5) is 0 Å². The van der Waals surface area contributed by atoms with Crippen LogP contribution in [0.5, 0.6) is 5.75 Å². The number of rotatable bonds is 7. The van der Waals surface area contributed by atoms with Gasteiger partial charge in [0.25, 0.3) is 0 Å². The molecule has 4 heteroatoms. The predicted octanol–water partition coefficient (Wildman–Crippen LogP) is 2.40. The Morgan fingerprint density at radius 1 is 1.35 bits per heavy atom. The largest absolute Gasteiger partial charge is 0.497 e. The lowest BCUT2D eigenvalue weighted by Crippen LogP contribution is -2.23. The van der Waals surface area contributed by atoms with Gasteiger partial charge in [-0.2, -0.15) is 0 Å².